The summed E-state index contributed by atoms with van der Waals surface area (Å²) in [6, 6.07) is 31.1. The topological polar surface area (TPSA) is 0 Å². The zero-order valence-electron chi connectivity index (χ0n) is 12.7. The van der Waals surface area contributed by atoms with E-state index in [-0.39, 0.29) is 0 Å². The van der Waals surface area contributed by atoms with E-state index < -0.39 is 0 Å². The Kier molecular flexibility index (Phi) is 3.47. The smallest absolute Gasteiger partial charge is 0.0621 e. The van der Waals surface area contributed by atoms with Gasteiger partial charge in [0.25, 0.3) is 0 Å². The fourth-order valence-electron chi connectivity index (χ4n) is 2.76. The van der Waals surface area contributed by atoms with E-state index in [9.17, 15) is 0 Å². The quantitative estimate of drug-likeness (QED) is 0.257. The number of hydrogen-bond donors (Lipinski definition) is 0. The van der Waals surface area contributed by atoms with Gasteiger partial charge in [-0.3, -0.25) is 0 Å². The minimum atomic E-state index is 1.05. The Labute approximate surface area is 136 Å². The second-order valence-electron chi connectivity index (χ2n) is 5.47. The summed E-state index contributed by atoms with van der Waals surface area (Å²) in [5.41, 5.74) is 7.24. The Morgan fingerprint density at radius 3 is 1.43 bits per heavy atom. The maximum Gasteiger partial charge on any atom is 0.171 e. The molecular weight excluding hydrogens is 277 g/mol. The van der Waals surface area contributed by atoms with Gasteiger partial charge in [0.1, 0.15) is 11.1 Å². The molecule has 4 rings (SSSR count). The molecule has 0 aromatic heterocycles. The van der Waals surface area contributed by atoms with E-state index in [1.165, 1.54) is 22.3 Å². The van der Waals surface area contributed by atoms with Gasteiger partial charge in [-0.15, -0.1) is 0 Å². The van der Waals surface area contributed by atoms with Crippen LogP contribution in [0.3, 0.4) is 0 Å². The summed E-state index contributed by atoms with van der Waals surface area (Å²) in [6.07, 6.45) is 0. The van der Waals surface area contributed by atoms with Crippen LogP contribution in [-0.2, 0) is 0 Å². The fourth-order valence-corrected chi connectivity index (χ4v) is 2.76. The number of hydrogen-bond acceptors (Lipinski definition) is 0. The lowest BCUT2D eigenvalue weighted by molar-refractivity contribution is 1.65. The first-order valence-electron chi connectivity index (χ1n) is 7.73. The highest BCUT2D eigenvalue weighted by molar-refractivity contribution is 6.03. The second-order valence-corrected chi connectivity index (χ2v) is 5.47. The van der Waals surface area contributed by atoms with E-state index in [1.807, 2.05) is 42.5 Å². The molecule has 0 fully saturated rings. The Morgan fingerprint density at radius 1 is 0.522 bits per heavy atom. The Hall–Kier alpha value is -3.17. The standard InChI is InChI=1S/C23H15/c1-4-10-18(11-5-1)16-17-21-22(19-12-6-2-7-13-19)23(21)20-14-8-3-9-15-20/h1-15H/q+1/i16+1. The predicted octanol–water partition coefficient (Wildman–Crippen LogP) is 5.58. The minimum Gasteiger partial charge on any atom is -0.0621 e. The van der Waals surface area contributed by atoms with Crippen LogP contribution in [0.25, 0.3) is 22.3 Å². The van der Waals surface area contributed by atoms with Gasteiger partial charge < -0.3 is 0 Å². The SMILES string of the molecule is C(#[13C]c1ccccc1)[c+]1c(-c2ccccc2)c1-c1ccccc1. The van der Waals surface area contributed by atoms with Crippen molar-refractivity contribution < 1.29 is 0 Å². The van der Waals surface area contributed by atoms with Crippen molar-refractivity contribution in [2.75, 3.05) is 0 Å². The number of benzene rings is 3. The maximum absolute atomic E-state index is 3.36. The largest absolute Gasteiger partial charge is 0.171 e. The summed E-state index contributed by atoms with van der Waals surface area (Å²) in [7, 11) is 0. The molecule has 4 aromatic rings. The van der Waals surface area contributed by atoms with E-state index in [1.54, 1.807) is 0 Å². The van der Waals surface area contributed by atoms with Crippen molar-refractivity contribution in [1.82, 2.24) is 0 Å². The van der Waals surface area contributed by atoms with Gasteiger partial charge in [-0.1, -0.05) is 54.6 Å². The zero-order valence-corrected chi connectivity index (χ0v) is 12.7. The monoisotopic (exact) mass is 292 g/mol. The highest BCUT2D eigenvalue weighted by Gasteiger charge is 2.36. The predicted molar refractivity (Wildman–Crippen MR) is 96.5 cm³/mol. The molecule has 0 spiro atoms. The van der Waals surface area contributed by atoms with Crippen molar-refractivity contribution in [2.24, 2.45) is 0 Å². The molecule has 0 atom stereocenters. The minimum absolute atomic E-state index is 1.05. The van der Waals surface area contributed by atoms with E-state index in [2.05, 4.69) is 60.4 Å². The lowest BCUT2D eigenvalue weighted by atomic mass is 10.1. The van der Waals surface area contributed by atoms with E-state index in [0.717, 1.165) is 11.1 Å². The molecule has 4 aromatic carbocycles. The molecule has 0 saturated heterocycles. The average Bonchev–Trinajstić information content (AvgIpc) is 3.37. The highest BCUT2D eigenvalue weighted by atomic mass is 14.3. The third-order valence-electron chi connectivity index (χ3n) is 3.92. The third kappa shape index (κ3) is 2.78. The zero-order chi connectivity index (χ0) is 15.5. The summed E-state index contributed by atoms with van der Waals surface area (Å²) >= 11 is 0. The van der Waals surface area contributed by atoms with Gasteiger partial charge in [0, 0.05) is 11.8 Å². The molecule has 23 heavy (non-hydrogen) atoms. The van der Waals surface area contributed by atoms with Crippen LogP contribution in [0.2, 0.25) is 0 Å². The van der Waals surface area contributed by atoms with Crippen LogP contribution in [-0.4, -0.2) is 0 Å². The van der Waals surface area contributed by atoms with Crippen molar-refractivity contribution >= 4 is 0 Å². The van der Waals surface area contributed by atoms with Crippen molar-refractivity contribution in [3.05, 3.63) is 102 Å². The fraction of sp³-hybridized carbons (Fsp3) is 0. The summed E-state index contributed by atoms with van der Waals surface area (Å²) < 4.78 is 0. The van der Waals surface area contributed by atoms with Crippen LogP contribution in [0.1, 0.15) is 11.1 Å². The lowest BCUT2D eigenvalue weighted by Crippen LogP contribution is -1.70. The molecule has 0 N–H and O–H groups in total. The van der Waals surface area contributed by atoms with Crippen LogP contribution in [0.4, 0.5) is 0 Å². The molecule has 0 aliphatic heterocycles. The first-order chi connectivity index (χ1) is 11.4. The molecule has 0 heteroatoms. The molecule has 0 aliphatic carbocycles. The molecule has 0 radical (unpaired) electrons. The van der Waals surface area contributed by atoms with Gasteiger partial charge >= 0.3 is 0 Å². The molecule has 0 saturated carbocycles. The van der Waals surface area contributed by atoms with Gasteiger partial charge in [-0.2, -0.15) is 0 Å². The molecule has 106 valence electrons. The normalized spacial score (nSPS) is 10.3. The van der Waals surface area contributed by atoms with Gasteiger partial charge in [-0.05, 0) is 36.4 Å². The number of rotatable bonds is 2. The Bertz CT molecular complexity index is 881. The van der Waals surface area contributed by atoms with Gasteiger partial charge in [0.05, 0.1) is 16.7 Å². The molecular formula is C23H15+. The summed E-state index contributed by atoms with van der Waals surface area (Å²) in [5.74, 6) is 6.64. The first-order valence-corrected chi connectivity index (χ1v) is 7.73. The van der Waals surface area contributed by atoms with E-state index in [4.69, 9.17) is 0 Å². The van der Waals surface area contributed by atoms with Crippen molar-refractivity contribution in [2.45, 2.75) is 0 Å². The third-order valence-corrected chi connectivity index (χ3v) is 3.92. The summed E-state index contributed by atoms with van der Waals surface area (Å²) in [6.45, 7) is 0. The Balaban J connectivity index is 1.77. The highest BCUT2D eigenvalue weighted by Crippen LogP contribution is 2.47. The molecule has 0 nitrogen and oxygen atoms in total. The molecule has 0 aliphatic rings. The van der Waals surface area contributed by atoms with Crippen LogP contribution >= 0.6 is 0 Å². The molecule has 0 bridgehead atoms. The van der Waals surface area contributed by atoms with Crippen LogP contribution in [0.15, 0.2) is 91.0 Å². The lowest BCUT2D eigenvalue weighted by Gasteiger charge is -1.86. The first kappa shape index (κ1) is 13.5. The Morgan fingerprint density at radius 2 is 0.957 bits per heavy atom. The van der Waals surface area contributed by atoms with Crippen LogP contribution in [0.5, 0.6) is 0 Å². The summed E-state index contributed by atoms with van der Waals surface area (Å²) in [4.78, 5) is 0. The van der Waals surface area contributed by atoms with Crippen molar-refractivity contribution in [3.8, 4) is 34.1 Å². The summed E-state index contributed by atoms with van der Waals surface area (Å²) in [5, 5.41) is 0. The van der Waals surface area contributed by atoms with E-state index in [0.29, 0.717) is 0 Å². The van der Waals surface area contributed by atoms with Gasteiger partial charge in [0.2, 0.25) is 0 Å². The molecule has 0 heterocycles. The van der Waals surface area contributed by atoms with Gasteiger partial charge in [-0.25, -0.2) is 0 Å². The molecule has 0 unspecified atom stereocenters. The average molecular weight is 292 g/mol. The van der Waals surface area contributed by atoms with Crippen LogP contribution in [0, 0.1) is 11.8 Å². The van der Waals surface area contributed by atoms with E-state index >= 15 is 0 Å². The van der Waals surface area contributed by atoms with Crippen molar-refractivity contribution in [1.29, 1.82) is 0 Å². The second kappa shape index (κ2) is 5.91. The molecule has 0 amide bonds. The van der Waals surface area contributed by atoms with Crippen molar-refractivity contribution in [3.63, 3.8) is 0 Å². The van der Waals surface area contributed by atoms with Gasteiger partial charge in [0.15, 0.2) is 5.56 Å². The van der Waals surface area contributed by atoms with Crippen LogP contribution < -0.4 is 0 Å². The maximum atomic E-state index is 3.36.